The predicted molar refractivity (Wildman–Crippen MR) is 259 cm³/mol. The quantitative estimate of drug-likeness (QED) is 0.0811. The molecule has 0 amide bonds. The SMILES string of the molecule is C=Nc1cc(Cl)ccc1C(CC)=NCc1cc(CN(C)c2ccc(CN(C)Cc3ccccc3CNc3ccnc4cc(Cl)ccc34)nc2)ccc1CN(C)Cc1ccccn1. The highest BCUT2D eigenvalue weighted by Crippen LogP contribution is 2.28. The van der Waals surface area contributed by atoms with Crippen LogP contribution in [0.1, 0.15) is 58.1 Å². The van der Waals surface area contributed by atoms with Crippen molar-refractivity contribution in [3.63, 3.8) is 0 Å². The van der Waals surface area contributed by atoms with Crippen LogP contribution in [0.5, 0.6) is 0 Å². The third kappa shape index (κ3) is 11.7. The molecule has 0 aliphatic rings. The van der Waals surface area contributed by atoms with Crippen LogP contribution < -0.4 is 10.2 Å². The normalized spacial score (nSPS) is 11.7. The molecule has 62 heavy (non-hydrogen) atoms. The summed E-state index contributed by atoms with van der Waals surface area (Å²) < 4.78 is 0. The first-order valence-corrected chi connectivity index (χ1v) is 21.6. The molecule has 9 nitrogen and oxygen atoms in total. The summed E-state index contributed by atoms with van der Waals surface area (Å²) in [7, 11) is 6.39. The minimum Gasteiger partial charge on any atom is -0.380 e. The Balaban J connectivity index is 1.01. The first-order valence-electron chi connectivity index (χ1n) is 20.8. The van der Waals surface area contributed by atoms with Gasteiger partial charge in [0.05, 0.1) is 41.0 Å². The molecule has 7 rings (SSSR count). The van der Waals surface area contributed by atoms with Gasteiger partial charge in [-0.3, -0.25) is 34.7 Å². The maximum Gasteiger partial charge on any atom is 0.0737 e. The maximum atomic E-state index is 6.29. The molecule has 1 N–H and O–H groups in total. The van der Waals surface area contributed by atoms with Gasteiger partial charge < -0.3 is 10.2 Å². The van der Waals surface area contributed by atoms with Gasteiger partial charge >= 0.3 is 0 Å². The number of halogens is 2. The molecular formula is C51H53Cl2N9. The highest BCUT2D eigenvalue weighted by molar-refractivity contribution is 6.31. The highest BCUT2D eigenvalue weighted by Gasteiger charge is 2.14. The van der Waals surface area contributed by atoms with Crippen molar-refractivity contribution in [2.45, 2.75) is 59.2 Å². The lowest BCUT2D eigenvalue weighted by Gasteiger charge is -2.22. The summed E-state index contributed by atoms with van der Waals surface area (Å²) >= 11 is 12.5. The van der Waals surface area contributed by atoms with Crippen LogP contribution in [0.25, 0.3) is 10.9 Å². The lowest BCUT2D eigenvalue weighted by molar-refractivity contribution is 0.314. The second-order valence-corrected chi connectivity index (χ2v) is 16.6. The van der Waals surface area contributed by atoms with Gasteiger partial charge in [-0.15, -0.1) is 0 Å². The maximum absolute atomic E-state index is 6.29. The molecule has 0 fully saturated rings. The van der Waals surface area contributed by atoms with Crippen LogP contribution in [0.15, 0.2) is 144 Å². The van der Waals surface area contributed by atoms with Gasteiger partial charge in [0.15, 0.2) is 0 Å². The number of anilines is 2. The van der Waals surface area contributed by atoms with E-state index >= 15 is 0 Å². The average Bonchev–Trinajstić information content (AvgIpc) is 3.27. The summed E-state index contributed by atoms with van der Waals surface area (Å²) in [4.78, 5) is 30.2. The Labute approximate surface area is 375 Å². The Kier molecular flexibility index (Phi) is 15.1. The van der Waals surface area contributed by atoms with E-state index in [1.807, 2.05) is 73.2 Å². The number of aromatic nitrogens is 3. The van der Waals surface area contributed by atoms with E-state index in [4.69, 9.17) is 33.2 Å². The number of pyridine rings is 3. The number of nitrogens with one attached hydrogen (secondary N) is 1. The third-order valence-electron chi connectivity index (χ3n) is 10.9. The Bertz CT molecular complexity index is 2630. The summed E-state index contributed by atoms with van der Waals surface area (Å²) in [5.41, 5.74) is 13.8. The smallest absolute Gasteiger partial charge is 0.0737 e. The van der Waals surface area contributed by atoms with Crippen LogP contribution in [0.3, 0.4) is 0 Å². The van der Waals surface area contributed by atoms with Gasteiger partial charge in [0.2, 0.25) is 0 Å². The lowest BCUT2D eigenvalue weighted by atomic mass is 10.0. The van der Waals surface area contributed by atoms with Crippen molar-refractivity contribution >= 4 is 63.6 Å². The van der Waals surface area contributed by atoms with Crippen molar-refractivity contribution in [1.29, 1.82) is 0 Å². The third-order valence-corrected chi connectivity index (χ3v) is 11.4. The van der Waals surface area contributed by atoms with Crippen molar-refractivity contribution in [2.24, 2.45) is 9.98 Å². The fourth-order valence-electron chi connectivity index (χ4n) is 7.72. The minimum absolute atomic E-state index is 0.537. The van der Waals surface area contributed by atoms with Crippen LogP contribution in [0.4, 0.5) is 17.1 Å². The molecule has 3 aromatic heterocycles. The second kappa shape index (κ2) is 21.2. The van der Waals surface area contributed by atoms with Crippen molar-refractivity contribution in [2.75, 3.05) is 31.4 Å². The summed E-state index contributed by atoms with van der Waals surface area (Å²) in [6, 6.07) is 39.2. The predicted octanol–water partition coefficient (Wildman–Crippen LogP) is 11.6. The molecule has 0 saturated heterocycles. The molecule has 0 saturated carbocycles. The van der Waals surface area contributed by atoms with Gasteiger partial charge in [-0.25, -0.2) is 0 Å². The molecule has 0 radical (unpaired) electrons. The lowest BCUT2D eigenvalue weighted by Crippen LogP contribution is -2.20. The zero-order valence-electron chi connectivity index (χ0n) is 35.9. The molecular weight excluding hydrogens is 810 g/mol. The van der Waals surface area contributed by atoms with Crippen LogP contribution in [0.2, 0.25) is 10.0 Å². The van der Waals surface area contributed by atoms with E-state index in [1.165, 1.54) is 27.8 Å². The van der Waals surface area contributed by atoms with E-state index in [0.717, 1.165) is 89.8 Å². The molecule has 4 aromatic carbocycles. The summed E-state index contributed by atoms with van der Waals surface area (Å²) in [5, 5.41) is 5.99. The molecule has 0 unspecified atom stereocenters. The van der Waals surface area contributed by atoms with Crippen molar-refractivity contribution in [1.82, 2.24) is 24.8 Å². The van der Waals surface area contributed by atoms with Crippen molar-refractivity contribution in [3.8, 4) is 0 Å². The largest absolute Gasteiger partial charge is 0.380 e. The molecule has 0 spiro atoms. The van der Waals surface area contributed by atoms with E-state index in [2.05, 4.69) is 130 Å². The van der Waals surface area contributed by atoms with Crippen LogP contribution in [-0.4, -0.2) is 58.3 Å². The fraction of sp³-hybridized carbons (Fsp3) is 0.235. The molecule has 0 aliphatic heterocycles. The van der Waals surface area contributed by atoms with Gasteiger partial charge in [0.1, 0.15) is 0 Å². The van der Waals surface area contributed by atoms with E-state index in [-0.39, 0.29) is 0 Å². The van der Waals surface area contributed by atoms with Crippen molar-refractivity contribution in [3.05, 3.63) is 189 Å². The van der Waals surface area contributed by atoms with Gasteiger partial charge in [-0.1, -0.05) is 78.7 Å². The van der Waals surface area contributed by atoms with E-state index in [1.54, 1.807) is 0 Å². The van der Waals surface area contributed by atoms with Gasteiger partial charge in [0, 0.05) is 91.1 Å². The van der Waals surface area contributed by atoms with Crippen molar-refractivity contribution < 1.29 is 0 Å². The van der Waals surface area contributed by atoms with E-state index in [9.17, 15) is 0 Å². The van der Waals surface area contributed by atoms with E-state index < -0.39 is 0 Å². The van der Waals surface area contributed by atoms with Gasteiger partial charge in [0.25, 0.3) is 0 Å². The molecule has 0 bridgehead atoms. The monoisotopic (exact) mass is 861 g/mol. The van der Waals surface area contributed by atoms with E-state index in [0.29, 0.717) is 23.1 Å². The molecule has 0 aliphatic carbocycles. The standard InChI is InChI=1S/C51H53Cl2N9/c1-6-48(46-20-16-41(52)26-50(46)54-2)58-29-40-25-36(14-15-39(40)33-61(4)34-43-13-9-10-23-55-43)31-62(5)45-19-18-44(57-30-45)35-60(3)32-38-12-8-7-11-37(38)28-59-49-22-24-56-51-27-42(53)17-21-47(49)51/h7-27,30H,2,6,28-29,31-35H2,1,3-5H3,(H,56,59). The zero-order valence-corrected chi connectivity index (χ0v) is 37.4. The highest BCUT2D eigenvalue weighted by atomic mass is 35.5. The molecule has 7 aromatic rings. The van der Waals surface area contributed by atoms with Crippen LogP contribution >= 0.6 is 23.2 Å². The Morgan fingerprint density at radius 2 is 1.39 bits per heavy atom. The molecule has 316 valence electrons. The Morgan fingerprint density at radius 1 is 0.661 bits per heavy atom. The fourth-order valence-corrected chi connectivity index (χ4v) is 8.05. The second-order valence-electron chi connectivity index (χ2n) is 15.7. The molecule has 0 atom stereocenters. The number of rotatable bonds is 19. The summed E-state index contributed by atoms with van der Waals surface area (Å²) in [6.07, 6.45) is 6.39. The zero-order chi connectivity index (χ0) is 43.4. The number of fused-ring (bicyclic) bond motifs is 1. The number of hydrogen-bond donors (Lipinski definition) is 1. The average molecular weight is 863 g/mol. The topological polar surface area (TPSA) is 85.1 Å². The van der Waals surface area contributed by atoms with Crippen LogP contribution in [-0.2, 0) is 45.8 Å². The van der Waals surface area contributed by atoms with Gasteiger partial charge in [-0.2, -0.15) is 0 Å². The number of aliphatic imine (C=N–C) groups is 2. The molecule has 3 heterocycles. The summed E-state index contributed by atoms with van der Waals surface area (Å²) in [6.45, 7) is 10.9. The van der Waals surface area contributed by atoms with Crippen LogP contribution in [0, 0.1) is 0 Å². The number of hydrogen-bond acceptors (Lipinski definition) is 9. The first-order chi connectivity index (χ1) is 30.1. The Hall–Kier alpha value is -5.97. The molecule has 11 heteroatoms. The number of nitrogens with zero attached hydrogens (tertiary/aromatic N) is 8. The number of benzene rings is 4. The minimum atomic E-state index is 0.537. The first kappa shape index (κ1) is 44.1. The summed E-state index contributed by atoms with van der Waals surface area (Å²) in [5.74, 6) is 0. The van der Waals surface area contributed by atoms with Gasteiger partial charge in [-0.05, 0) is 122 Å². The Morgan fingerprint density at radius 3 is 2.11 bits per heavy atom.